The minimum atomic E-state index is -1.60. The van der Waals surface area contributed by atoms with E-state index in [0.29, 0.717) is 6.42 Å². The van der Waals surface area contributed by atoms with Gasteiger partial charge in [-0.1, -0.05) is 290 Å². The van der Waals surface area contributed by atoms with Gasteiger partial charge in [-0.25, -0.2) is 0 Å². The lowest BCUT2D eigenvalue weighted by Crippen LogP contribution is -2.60. The van der Waals surface area contributed by atoms with Gasteiger partial charge in [0.1, 0.15) is 30.5 Å². The molecule has 69 heavy (non-hydrogen) atoms. The molecule has 7 N–H and O–H groups in total. The van der Waals surface area contributed by atoms with E-state index in [4.69, 9.17) is 9.47 Å². The van der Waals surface area contributed by atoms with Gasteiger partial charge in [0.2, 0.25) is 5.91 Å². The van der Waals surface area contributed by atoms with Crippen LogP contribution in [0.1, 0.15) is 309 Å². The largest absolute Gasteiger partial charge is 0.394 e. The SMILES string of the molecule is CCCCCCCCCCCCCCCCCCCCCCCCCCCCCCCCCCC(=O)N[C@@H](CO[C@@H]1O[C@H](CO)[C@@H](O)C(O)C1O)[C@H](O)[C@H](O)CCCCCCCCCCCCCC. The Bertz CT molecular complexity index is 1070. The van der Waals surface area contributed by atoms with Crippen molar-refractivity contribution < 1.29 is 44.9 Å². The van der Waals surface area contributed by atoms with Gasteiger partial charge in [0, 0.05) is 6.42 Å². The van der Waals surface area contributed by atoms with E-state index in [9.17, 15) is 35.4 Å². The highest BCUT2D eigenvalue weighted by atomic mass is 16.7. The summed E-state index contributed by atoms with van der Waals surface area (Å²) in [5, 5.41) is 65.4. The van der Waals surface area contributed by atoms with Gasteiger partial charge >= 0.3 is 0 Å². The van der Waals surface area contributed by atoms with Crippen LogP contribution in [0.15, 0.2) is 0 Å². The monoisotopic (exact) mass is 984 g/mol. The van der Waals surface area contributed by atoms with Gasteiger partial charge in [-0.15, -0.1) is 0 Å². The molecule has 0 saturated carbocycles. The summed E-state index contributed by atoms with van der Waals surface area (Å²) in [7, 11) is 0. The fraction of sp³-hybridized carbons (Fsp3) is 0.983. The molecule has 0 bridgehead atoms. The standard InChI is InChI=1S/C59H117NO9/c1-3-5-7-9-11-13-15-17-18-19-20-21-22-23-24-25-26-27-28-29-30-31-32-33-34-35-36-38-40-42-44-46-48-54(63)60-51(50-68-59-58(67)57(66)56(65)53(49-61)69-59)55(64)52(62)47-45-43-41-39-37-16-14-12-10-8-6-4-2/h51-53,55-59,61-62,64-67H,3-50H2,1-2H3,(H,60,63)/t51-,52+,53+,55-,56+,57?,58?,59+/m0/s1. The van der Waals surface area contributed by atoms with Crippen molar-refractivity contribution in [1.29, 1.82) is 0 Å². The van der Waals surface area contributed by atoms with Gasteiger partial charge in [0.25, 0.3) is 0 Å². The molecule has 1 fully saturated rings. The highest BCUT2D eigenvalue weighted by Crippen LogP contribution is 2.24. The lowest BCUT2D eigenvalue weighted by Gasteiger charge is -2.40. The molecule has 1 saturated heterocycles. The maximum absolute atomic E-state index is 13.1. The molecule has 0 spiro atoms. The van der Waals surface area contributed by atoms with Gasteiger partial charge in [-0.3, -0.25) is 4.79 Å². The number of ether oxygens (including phenoxy) is 2. The number of nitrogens with one attached hydrogen (secondary N) is 1. The number of aliphatic hydroxyl groups is 6. The number of hydrogen-bond acceptors (Lipinski definition) is 9. The summed E-state index contributed by atoms with van der Waals surface area (Å²) in [6.45, 7) is 3.64. The normalized spacial score (nSPS) is 19.8. The maximum Gasteiger partial charge on any atom is 0.220 e. The average molecular weight is 985 g/mol. The molecule has 0 radical (unpaired) electrons. The van der Waals surface area contributed by atoms with Gasteiger partial charge in [-0.05, 0) is 12.8 Å². The Kier molecular flexibility index (Phi) is 47.3. The number of unbranched alkanes of at least 4 members (excludes halogenated alkanes) is 42. The van der Waals surface area contributed by atoms with Crippen LogP contribution >= 0.6 is 0 Å². The van der Waals surface area contributed by atoms with Crippen molar-refractivity contribution in [1.82, 2.24) is 5.32 Å². The van der Waals surface area contributed by atoms with Crippen LogP contribution in [0.4, 0.5) is 0 Å². The zero-order valence-corrected chi connectivity index (χ0v) is 45.5. The predicted molar refractivity (Wildman–Crippen MR) is 287 cm³/mol. The third-order valence-corrected chi connectivity index (χ3v) is 15.1. The molecule has 0 aromatic rings. The molecule has 0 aromatic carbocycles. The fourth-order valence-corrected chi connectivity index (χ4v) is 10.2. The zero-order chi connectivity index (χ0) is 50.3. The van der Waals surface area contributed by atoms with Crippen LogP contribution in [-0.2, 0) is 14.3 Å². The quantitative estimate of drug-likeness (QED) is 0.0293. The van der Waals surface area contributed by atoms with E-state index in [1.165, 1.54) is 244 Å². The second-order valence-corrected chi connectivity index (χ2v) is 21.7. The smallest absolute Gasteiger partial charge is 0.220 e. The Morgan fingerprint density at radius 2 is 0.754 bits per heavy atom. The minimum absolute atomic E-state index is 0.250. The van der Waals surface area contributed by atoms with Gasteiger partial charge in [-0.2, -0.15) is 0 Å². The first kappa shape index (κ1) is 66.2. The van der Waals surface area contributed by atoms with Crippen molar-refractivity contribution in [2.75, 3.05) is 13.2 Å². The molecule has 412 valence electrons. The van der Waals surface area contributed by atoms with E-state index >= 15 is 0 Å². The first-order valence-electron chi connectivity index (χ1n) is 30.3. The second-order valence-electron chi connectivity index (χ2n) is 21.7. The third-order valence-electron chi connectivity index (χ3n) is 15.1. The Hall–Kier alpha value is -0.850. The summed E-state index contributed by atoms with van der Waals surface area (Å²) in [6, 6.07) is -0.986. The number of amides is 1. The van der Waals surface area contributed by atoms with E-state index in [1.54, 1.807) is 0 Å². The van der Waals surface area contributed by atoms with Crippen molar-refractivity contribution >= 4 is 5.91 Å². The van der Waals surface area contributed by atoms with E-state index in [1.807, 2.05) is 0 Å². The van der Waals surface area contributed by atoms with E-state index < -0.39 is 55.6 Å². The highest BCUT2D eigenvalue weighted by molar-refractivity contribution is 5.76. The molecule has 1 heterocycles. The highest BCUT2D eigenvalue weighted by Gasteiger charge is 2.44. The van der Waals surface area contributed by atoms with Crippen LogP contribution in [0.25, 0.3) is 0 Å². The molecule has 1 rings (SSSR count). The summed E-state index contributed by atoms with van der Waals surface area (Å²) in [5.41, 5.74) is 0. The molecule has 1 aliphatic heterocycles. The first-order valence-corrected chi connectivity index (χ1v) is 30.3. The van der Waals surface area contributed by atoms with Crippen LogP contribution < -0.4 is 5.32 Å². The Balaban J connectivity index is 2.11. The fourth-order valence-electron chi connectivity index (χ4n) is 10.2. The van der Waals surface area contributed by atoms with Crippen molar-refractivity contribution in [3.8, 4) is 0 Å². The van der Waals surface area contributed by atoms with Crippen molar-refractivity contribution in [3.05, 3.63) is 0 Å². The van der Waals surface area contributed by atoms with E-state index in [-0.39, 0.29) is 18.9 Å². The van der Waals surface area contributed by atoms with E-state index in [0.717, 1.165) is 38.5 Å². The third kappa shape index (κ3) is 38.4. The van der Waals surface area contributed by atoms with E-state index in [2.05, 4.69) is 19.2 Å². The molecular formula is C59H117NO9. The molecule has 8 atom stereocenters. The first-order chi connectivity index (χ1) is 33.8. The van der Waals surface area contributed by atoms with Crippen LogP contribution in [0, 0.1) is 0 Å². The molecular weight excluding hydrogens is 867 g/mol. The molecule has 0 aromatic heterocycles. The van der Waals surface area contributed by atoms with Gasteiger partial charge in [0.15, 0.2) is 6.29 Å². The summed E-state index contributed by atoms with van der Waals surface area (Å²) >= 11 is 0. The number of hydrogen-bond donors (Lipinski definition) is 7. The topological polar surface area (TPSA) is 169 Å². The Labute approximate surface area is 426 Å². The Morgan fingerprint density at radius 3 is 1.07 bits per heavy atom. The van der Waals surface area contributed by atoms with Crippen molar-refractivity contribution in [2.45, 2.75) is 358 Å². The van der Waals surface area contributed by atoms with Crippen LogP contribution in [0.3, 0.4) is 0 Å². The number of carbonyl (C=O) groups excluding carboxylic acids is 1. The average Bonchev–Trinajstić information content (AvgIpc) is 3.35. The predicted octanol–water partition coefficient (Wildman–Crippen LogP) is 14.0. The summed E-state index contributed by atoms with van der Waals surface area (Å²) in [4.78, 5) is 13.1. The van der Waals surface area contributed by atoms with Crippen LogP contribution in [0.2, 0.25) is 0 Å². The number of rotatable bonds is 53. The zero-order valence-electron chi connectivity index (χ0n) is 45.5. The van der Waals surface area contributed by atoms with Crippen molar-refractivity contribution in [2.24, 2.45) is 0 Å². The van der Waals surface area contributed by atoms with Crippen LogP contribution in [-0.4, -0.2) is 98.7 Å². The molecule has 1 aliphatic rings. The van der Waals surface area contributed by atoms with Gasteiger partial charge < -0.3 is 45.4 Å². The number of carbonyl (C=O) groups is 1. The minimum Gasteiger partial charge on any atom is -0.394 e. The Morgan fingerprint density at radius 1 is 0.449 bits per heavy atom. The molecule has 10 nitrogen and oxygen atoms in total. The lowest BCUT2D eigenvalue weighted by atomic mass is 9.98. The molecule has 10 heteroatoms. The second kappa shape index (κ2) is 49.4. The number of aliphatic hydroxyl groups excluding tert-OH is 6. The van der Waals surface area contributed by atoms with Crippen molar-refractivity contribution in [3.63, 3.8) is 0 Å². The molecule has 2 unspecified atom stereocenters. The summed E-state index contributed by atoms with van der Waals surface area (Å²) < 4.78 is 11.2. The maximum atomic E-state index is 13.1. The summed E-state index contributed by atoms with van der Waals surface area (Å²) in [6.07, 6.45) is 48.7. The summed E-state index contributed by atoms with van der Waals surface area (Å²) in [5.74, 6) is -0.250. The van der Waals surface area contributed by atoms with Crippen LogP contribution in [0.5, 0.6) is 0 Å². The molecule has 0 aliphatic carbocycles. The van der Waals surface area contributed by atoms with Gasteiger partial charge in [0.05, 0.1) is 25.4 Å². The lowest BCUT2D eigenvalue weighted by molar-refractivity contribution is -0.303. The molecule has 1 amide bonds.